The van der Waals surface area contributed by atoms with Gasteiger partial charge in [-0.15, -0.1) is 0 Å². The Kier molecular flexibility index (Phi) is 2.19. The van der Waals surface area contributed by atoms with Crippen molar-refractivity contribution in [3.63, 3.8) is 0 Å². The minimum atomic E-state index is -3.00. The number of amides is 1. The zero-order chi connectivity index (χ0) is 9.19. The number of thiol groups is 1. The molecule has 0 atom stereocenters. The van der Waals surface area contributed by atoms with Gasteiger partial charge in [-0.3, -0.25) is 0 Å². The maximum Gasteiger partial charge on any atom is 0.422 e. The SMILES string of the molecule is N#CC1(OC(=O)N[SH](=O)=O)CC1. The van der Waals surface area contributed by atoms with Crippen molar-refractivity contribution >= 4 is 17.0 Å². The quantitative estimate of drug-likeness (QED) is 0.561. The van der Waals surface area contributed by atoms with Crippen LogP contribution in [0.4, 0.5) is 4.79 Å². The number of ether oxygens (including phenoxy) is 1. The number of nitriles is 1. The fraction of sp³-hybridized carbons (Fsp3) is 0.600. The molecule has 0 aromatic heterocycles. The second kappa shape index (κ2) is 2.98. The van der Waals surface area contributed by atoms with Crippen molar-refractivity contribution in [1.29, 1.82) is 5.26 Å². The summed E-state index contributed by atoms with van der Waals surface area (Å²) < 4.78 is 25.9. The van der Waals surface area contributed by atoms with Crippen molar-refractivity contribution in [1.82, 2.24) is 4.72 Å². The molecule has 0 aliphatic heterocycles. The summed E-state index contributed by atoms with van der Waals surface area (Å²) >= 11 is 0. The standard InChI is InChI=1S/C5H6N2O4S/c6-3-5(1-2-5)11-4(8)7-12(9)10/h12H,1-2H2,(H,7,8,9,10). The molecule has 0 bridgehead atoms. The Bertz CT molecular complexity index is 304. The van der Waals surface area contributed by atoms with E-state index in [1.54, 1.807) is 6.07 Å². The van der Waals surface area contributed by atoms with Gasteiger partial charge in [0.05, 0.1) is 0 Å². The topological polar surface area (TPSA) is 96.3 Å². The van der Waals surface area contributed by atoms with Crippen LogP contribution < -0.4 is 4.72 Å². The van der Waals surface area contributed by atoms with Crippen LogP contribution in [0, 0.1) is 11.3 Å². The van der Waals surface area contributed by atoms with Crippen LogP contribution in [0.3, 0.4) is 0 Å². The van der Waals surface area contributed by atoms with Gasteiger partial charge in [0.1, 0.15) is 6.07 Å². The van der Waals surface area contributed by atoms with E-state index in [0.717, 1.165) is 0 Å². The van der Waals surface area contributed by atoms with Crippen LogP contribution >= 0.6 is 0 Å². The van der Waals surface area contributed by atoms with Crippen molar-refractivity contribution in [2.24, 2.45) is 0 Å². The van der Waals surface area contributed by atoms with Crippen molar-refractivity contribution in [3.05, 3.63) is 0 Å². The van der Waals surface area contributed by atoms with Gasteiger partial charge in [0, 0.05) is 12.8 Å². The van der Waals surface area contributed by atoms with Crippen LogP contribution in [0.2, 0.25) is 0 Å². The Labute approximate surface area is 70.2 Å². The lowest BCUT2D eigenvalue weighted by Crippen LogP contribution is -2.28. The van der Waals surface area contributed by atoms with E-state index in [-0.39, 0.29) is 0 Å². The van der Waals surface area contributed by atoms with Crippen LogP contribution in [0.1, 0.15) is 12.8 Å². The normalized spacial score (nSPS) is 18.0. The molecule has 66 valence electrons. The highest BCUT2D eigenvalue weighted by Gasteiger charge is 2.47. The fourth-order valence-corrected chi connectivity index (χ4v) is 0.820. The first kappa shape index (κ1) is 8.80. The van der Waals surface area contributed by atoms with Gasteiger partial charge in [-0.1, -0.05) is 0 Å². The predicted molar refractivity (Wildman–Crippen MR) is 37.5 cm³/mol. The Hall–Kier alpha value is -1.29. The third-order valence-electron chi connectivity index (χ3n) is 1.38. The maximum absolute atomic E-state index is 10.6. The van der Waals surface area contributed by atoms with E-state index in [4.69, 9.17) is 5.26 Å². The van der Waals surface area contributed by atoms with E-state index in [9.17, 15) is 13.2 Å². The summed E-state index contributed by atoms with van der Waals surface area (Å²) in [6.07, 6.45) is -0.163. The predicted octanol–water partition coefficient (Wildman–Crippen LogP) is -0.705. The summed E-state index contributed by atoms with van der Waals surface area (Å²) in [4.78, 5) is 10.6. The summed E-state index contributed by atoms with van der Waals surface area (Å²) in [5.41, 5.74) is -1.07. The second-order valence-corrected chi connectivity index (χ2v) is 3.10. The van der Waals surface area contributed by atoms with Crippen molar-refractivity contribution < 1.29 is 17.9 Å². The number of nitrogens with one attached hydrogen (secondary N) is 1. The van der Waals surface area contributed by atoms with Gasteiger partial charge >= 0.3 is 6.09 Å². The Balaban J connectivity index is 2.43. The molecule has 1 rings (SSSR count). The van der Waals surface area contributed by atoms with Gasteiger partial charge in [-0.25, -0.2) is 17.9 Å². The largest absolute Gasteiger partial charge is 0.427 e. The minimum Gasteiger partial charge on any atom is -0.427 e. The molecule has 0 unspecified atom stereocenters. The first-order valence-corrected chi connectivity index (χ1v) is 4.31. The highest BCUT2D eigenvalue weighted by molar-refractivity contribution is 7.70. The van der Waals surface area contributed by atoms with Gasteiger partial charge < -0.3 is 4.74 Å². The molecular formula is C5H6N2O4S. The van der Waals surface area contributed by atoms with E-state index >= 15 is 0 Å². The van der Waals surface area contributed by atoms with E-state index in [1.165, 1.54) is 4.72 Å². The maximum atomic E-state index is 10.6. The van der Waals surface area contributed by atoms with E-state index in [2.05, 4.69) is 4.74 Å². The van der Waals surface area contributed by atoms with Gasteiger partial charge in [-0.2, -0.15) is 5.26 Å². The average Bonchev–Trinajstić information content (AvgIpc) is 2.67. The van der Waals surface area contributed by atoms with E-state index < -0.39 is 22.6 Å². The number of carbonyl (C=O) groups is 1. The molecule has 0 saturated heterocycles. The summed E-state index contributed by atoms with van der Waals surface area (Å²) in [6.45, 7) is 0. The van der Waals surface area contributed by atoms with Crippen LogP contribution in [-0.4, -0.2) is 20.1 Å². The van der Waals surface area contributed by atoms with E-state index in [1.807, 2.05) is 0 Å². The third kappa shape index (κ3) is 2.10. The molecule has 6 nitrogen and oxygen atoms in total. The molecule has 12 heavy (non-hydrogen) atoms. The second-order valence-electron chi connectivity index (χ2n) is 2.36. The molecule has 7 heteroatoms. The lowest BCUT2D eigenvalue weighted by molar-refractivity contribution is 0.117. The Morgan fingerprint density at radius 3 is 2.50 bits per heavy atom. The van der Waals surface area contributed by atoms with Gasteiger partial charge in [-0.05, 0) is 0 Å². The zero-order valence-electron chi connectivity index (χ0n) is 5.94. The lowest BCUT2D eigenvalue weighted by atomic mass is 10.4. The number of rotatable bonds is 2. The number of hydrogen-bond donors (Lipinski definition) is 2. The molecule has 1 N–H and O–H groups in total. The smallest absolute Gasteiger partial charge is 0.422 e. The van der Waals surface area contributed by atoms with Crippen LogP contribution in [0.5, 0.6) is 0 Å². The molecule has 1 saturated carbocycles. The Morgan fingerprint density at radius 2 is 2.17 bits per heavy atom. The average molecular weight is 190 g/mol. The molecule has 1 aliphatic rings. The minimum absolute atomic E-state index is 0.465. The molecule has 0 spiro atoms. The molecular weight excluding hydrogens is 184 g/mol. The monoisotopic (exact) mass is 190 g/mol. The van der Waals surface area contributed by atoms with Gasteiger partial charge in [0.2, 0.25) is 10.9 Å². The first-order chi connectivity index (χ1) is 5.58. The van der Waals surface area contributed by atoms with E-state index in [0.29, 0.717) is 12.8 Å². The number of nitrogens with zero attached hydrogens (tertiary/aromatic N) is 1. The Morgan fingerprint density at radius 1 is 1.58 bits per heavy atom. The van der Waals surface area contributed by atoms with Crippen LogP contribution in [-0.2, 0) is 15.6 Å². The molecule has 0 aromatic rings. The lowest BCUT2D eigenvalue weighted by Gasteiger charge is -2.05. The third-order valence-corrected chi connectivity index (χ3v) is 1.74. The highest BCUT2D eigenvalue weighted by atomic mass is 32.2. The fourth-order valence-electron chi connectivity index (χ4n) is 0.625. The highest BCUT2D eigenvalue weighted by Crippen LogP contribution is 2.38. The summed E-state index contributed by atoms with van der Waals surface area (Å²) in [5, 5.41) is 8.43. The summed E-state index contributed by atoms with van der Waals surface area (Å²) in [7, 11) is -3.00. The molecule has 1 amide bonds. The van der Waals surface area contributed by atoms with Gasteiger partial charge in [0.15, 0.2) is 5.60 Å². The summed E-state index contributed by atoms with van der Waals surface area (Å²) in [6, 6.07) is 1.78. The number of carbonyl (C=O) groups excluding carboxylic acids is 1. The number of hydrogen-bond acceptors (Lipinski definition) is 5. The summed E-state index contributed by atoms with van der Waals surface area (Å²) in [5.74, 6) is 0. The van der Waals surface area contributed by atoms with Gasteiger partial charge in [0.25, 0.3) is 0 Å². The van der Waals surface area contributed by atoms with Crippen molar-refractivity contribution in [2.75, 3.05) is 0 Å². The molecule has 0 radical (unpaired) electrons. The van der Waals surface area contributed by atoms with Crippen molar-refractivity contribution in [2.45, 2.75) is 18.4 Å². The first-order valence-electron chi connectivity index (χ1n) is 3.13. The zero-order valence-corrected chi connectivity index (χ0v) is 6.84. The van der Waals surface area contributed by atoms with Crippen LogP contribution in [0.25, 0.3) is 0 Å². The van der Waals surface area contributed by atoms with Crippen LogP contribution in [0.15, 0.2) is 0 Å². The molecule has 1 aliphatic carbocycles. The molecule has 1 fully saturated rings. The van der Waals surface area contributed by atoms with Crippen molar-refractivity contribution in [3.8, 4) is 6.07 Å². The molecule has 0 heterocycles. The molecule has 0 aromatic carbocycles.